The standard InChI is InChI=1S/C18H15Cl3O4S/c19-14-2-4-18(16(20)10-14)25-6-5-12-7-13-8-15(26(21,23)24)3-1-11(13)9-17(12)22/h1-4,8,10,12H,5-7,9H2. The predicted molar refractivity (Wildman–Crippen MR) is 102 cm³/mol. The summed E-state index contributed by atoms with van der Waals surface area (Å²) in [4.78, 5) is 12.4. The van der Waals surface area contributed by atoms with Crippen molar-refractivity contribution in [2.75, 3.05) is 6.61 Å². The van der Waals surface area contributed by atoms with Gasteiger partial charge in [-0.05, 0) is 54.3 Å². The molecule has 4 nitrogen and oxygen atoms in total. The van der Waals surface area contributed by atoms with E-state index in [-0.39, 0.29) is 23.0 Å². The summed E-state index contributed by atoms with van der Waals surface area (Å²) in [6.45, 7) is 0.320. The van der Waals surface area contributed by atoms with Gasteiger partial charge in [0.25, 0.3) is 9.05 Å². The number of ether oxygens (including phenoxy) is 1. The molecule has 0 spiro atoms. The van der Waals surface area contributed by atoms with E-state index in [1.165, 1.54) is 6.07 Å². The van der Waals surface area contributed by atoms with E-state index in [2.05, 4.69) is 0 Å². The third kappa shape index (κ3) is 4.52. The molecule has 0 heterocycles. The van der Waals surface area contributed by atoms with E-state index in [1.54, 1.807) is 30.3 Å². The molecule has 8 heteroatoms. The minimum absolute atomic E-state index is 0.0511. The van der Waals surface area contributed by atoms with Gasteiger partial charge in [0.15, 0.2) is 0 Å². The summed E-state index contributed by atoms with van der Waals surface area (Å²) in [6.07, 6.45) is 1.26. The van der Waals surface area contributed by atoms with Crippen LogP contribution in [0.1, 0.15) is 17.5 Å². The lowest BCUT2D eigenvalue weighted by atomic mass is 9.81. The number of benzene rings is 2. The molecule has 0 radical (unpaired) electrons. The van der Waals surface area contributed by atoms with E-state index in [1.807, 2.05) is 0 Å². The van der Waals surface area contributed by atoms with Crippen LogP contribution in [0.25, 0.3) is 0 Å². The predicted octanol–water partition coefficient (Wildman–Crippen LogP) is 4.67. The molecule has 3 rings (SSSR count). The Labute approximate surface area is 166 Å². The van der Waals surface area contributed by atoms with E-state index in [0.29, 0.717) is 35.2 Å². The van der Waals surface area contributed by atoms with Crippen molar-refractivity contribution in [2.24, 2.45) is 5.92 Å². The Morgan fingerprint density at radius 2 is 1.85 bits per heavy atom. The maximum atomic E-state index is 12.3. The molecule has 1 aliphatic rings. The molecule has 138 valence electrons. The first kappa shape index (κ1) is 19.5. The molecule has 0 bridgehead atoms. The molecule has 2 aromatic rings. The van der Waals surface area contributed by atoms with Crippen LogP contribution in [0.2, 0.25) is 10.0 Å². The van der Waals surface area contributed by atoms with Gasteiger partial charge in [0.05, 0.1) is 16.5 Å². The summed E-state index contributed by atoms with van der Waals surface area (Å²) in [7, 11) is 1.62. The van der Waals surface area contributed by atoms with Gasteiger partial charge < -0.3 is 4.74 Å². The van der Waals surface area contributed by atoms with Crippen LogP contribution in [0, 0.1) is 5.92 Å². The van der Waals surface area contributed by atoms with E-state index in [0.717, 1.165) is 11.1 Å². The Hall–Kier alpha value is -1.27. The number of carbonyl (C=O) groups is 1. The van der Waals surface area contributed by atoms with Gasteiger partial charge in [0.1, 0.15) is 11.5 Å². The molecular formula is C18H15Cl3O4S. The van der Waals surface area contributed by atoms with Gasteiger partial charge in [-0.25, -0.2) is 8.42 Å². The number of rotatable bonds is 5. The highest BCUT2D eigenvalue weighted by atomic mass is 35.7. The zero-order valence-electron chi connectivity index (χ0n) is 13.5. The second-order valence-electron chi connectivity index (χ2n) is 6.12. The van der Waals surface area contributed by atoms with Crippen molar-refractivity contribution in [3.05, 3.63) is 57.6 Å². The minimum Gasteiger partial charge on any atom is -0.492 e. The third-order valence-electron chi connectivity index (χ3n) is 4.36. The average Bonchev–Trinajstić information content (AvgIpc) is 2.56. The highest BCUT2D eigenvalue weighted by Gasteiger charge is 2.27. The molecule has 26 heavy (non-hydrogen) atoms. The van der Waals surface area contributed by atoms with Crippen LogP contribution in [-0.4, -0.2) is 20.8 Å². The molecule has 0 saturated carbocycles. The molecule has 0 amide bonds. The van der Waals surface area contributed by atoms with Crippen LogP contribution in [0.3, 0.4) is 0 Å². The zero-order chi connectivity index (χ0) is 18.9. The Bertz CT molecular complexity index is 957. The second kappa shape index (κ2) is 7.77. The molecule has 0 fully saturated rings. The molecule has 1 atom stereocenters. The first-order chi connectivity index (χ1) is 12.2. The Kier molecular flexibility index (Phi) is 5.82. The largest absolute Gasteiger partial charge is 0.492 e. The van der Waals surface area contributed by atoms with Crippen LogP contribution in [-0.2, 0) is 26.7 Å². The fourth-order valence-electron chi connectivity index (χ4n) is 2.99. The monoisotopic (exact) mass is 432 g/mol. The normalized spacial score (nSPS) is 17.0. The Morgan fingerprint density at radius 3 is 2.54 bits per heavy atom. The third-order valence-corrected chi connectivity index (χ3v) is 6.25. The Balaban J connectivity index is 1.67. The molecular weight excluding hydrogens is 419 g/mol. The van der Waals surface area contributed by atoms with E-state index in [9.17, 15) is 13.2 Å². The number of ketones is 1. The quantitative estimate of drug-likeness (QED) is 0.643. The summed E-state index contributed by atoms with van der Waals surface area (Å²) < 4.78 is 28.7. The summed E-state index contributed by atoms with van der Waals surface area (Å²) in [5.74, 6) is 0.391. The highest BCUT2D eigenvalue weighted by molar-refractivity contribution is 8.13. The number of hydrogen-bond acceptors (Lipinski definition) is 4. The number of fused-ring (bicyclic) bond motifs is 1. The van der Waals surface area contributed by atoms with Crippen LogP contribution >= 0.6 is 33.9 Å². The molecule has 0 aliphatic heterocycles. The van der Waals surface area contributed by atoms with Crippen LogP contribution in [0.15, 0.2) is 41.3 Å². The van der Waals surface area contributed by atoms with Crippen molar-refractivity contribution in [3.8, 4) is 5.75 Å². The van der Waals surface area contributed by atoms with Crippen molar-refractivity contribution in [1.29, 1.82) is 0 Å². The summed E-state index contributed by atoms with van der Waals surface area (Å²) in [5.41, 5.74) is 1.68. The lowest BCUT2D eigenvalue weighted by Crippen LogP contribution is -2.27. The number of halogens is 3. The van der Waals surface area contributed by atoms with Crippen LogP contribution in [0.5, 0.6) is 5.75 Å². The SMILES string of the molecule is O=C1Cc2ccc(S(=O)(=O)Cl)cc2CC1CCOc1ccc(Cl)cc1Cl. The van der Waals surface area contributed by atoms with Gasteiger partial charge in [-0.1, -0.05) is 29.3 Å². The number of hydrogen-bond donors (Lipinski definition) is 0. The second-order valence-corrected chi connectivity index (χ2v) is 9.53. The van der Waals surface area contributed by atoms with E-state index < -0.39 is 9.05 Å². The lowest BCUT2D eigenvalue weighted by Gasteiger charge is -2.24. The first-order valence-corrected chi connectivity index (χ1v) is 11.0. The van der Waals surface area contributed by atoms with Crippen molar-refractivity contribution in [1.82, 2.24) is 0 Å². The molecule has 1 unspecified atom stereocenters. The Morgan fingerprint density at radius 1 is 1.08 bits per heavy atom. The van der Waals surface area contributed by atoms with Crippen molar-refractivity contribution >= 4 is 48.7 Å². The van der Waals surface area contributed by atoms with Gasteiger partial charge in [0, 0.05) is 28.0 Å². The number of carbonyl (C=O) groups excluding carboxylic acids is 1. The minimum atomic E-state index is -3.79. The molecule has 0 N–H and O–H groups in total. The van der Waals surface area contributed by atoms with Crippen LogP contribution < -0.4 is 4.74 Å². The number of Topliss-reactive ketones (excluding diaryl/α,β-unsaturated/α-hetero) is 1. The zero-order valence-corrected chi connectivity index (χ0v) is 16.6. The first-order valence-electron chi connectivity index (χ1n) is 7.91. The average molecular weight is 434 g/mol. The van der Waals surface area contributed by atoms with Crippen molar-refractivity contribution in [2.45, 2.75) is 24.2 Å². The maximum absolute atomic E-state index is 12.3. The van der Waals surface area contributed by atoms with Gasteiger partial charge in [-0.2, -0.15) is 0 Å². The van der Waals surface area contributed by atoms with Gasteiger partial charge in [0.2, 0.25) is 0 Å². The smallest absolute Gasteiger partial charge is 0.261 e. The van der Waals surface area contributed by atoms with E-state index >= 15 is 0 Å². The van der Waals surface area contributed by atoms with Gasteiger partial charge in [-0.15, -0.1) is 0 Å². The summed E-state index contributed by atoms with van der Waals surface area (Å²) in [5, 5.41) is 0.932. The van der Waals surface area contributed by atoms with E-state index in [4.69, 9.17) is 38.6 Å². The fraction of sp³-hybridized carbons (Fsp3) is 0.278. The topological polar surface area (TPSA) is 60.4 Å². The van der Waals surface area contributed by atoms with Crippen molar-refractivity contribution < 1.29 is 17.9 Å². The summed E-state index contributed by atoms with van der Waals surface area (Å²) in [6, 6.07) is 9.59. The summed E-state index contributed by atoms with van der Waals surface area (Å²) >= 11 is 11.9. The molecule has 2 aromatic carbocycles. The molecule has 1 aliphatic carbocycles. The van der Waals surface area contributed by atoms with Crippen molar-refractivity contribution in [3.63, 3.8) is 0 Å². The highest BCUT2D eigenvalue weighted by Crippen LogP contribution is 2.30. The van der Waals surface area contributed by atoms with Gasteiger partial charge in [-0.3, -0.25) is 4.79 Å². The molecule has 0 aromatic heterocycles. The maximum Gasteiger partial charge on any atom is 0.261 e. The fourth-order valence-corrected chi connectivity index (χ4v) is 4.26. The molecule has 0 saturated heterocycles. The van der Waals surface area contributed by atoms with Crippen LogP contribution in [0.4, 0.5) is 0 Å². The van der Waals surface area contributed by atoms with Gasteiger partial charge >= 0.3 is 0 Å². The lowest BCUT2D eigenvalue weighted by molar-refractivity contribution is -0.123.